The third kappa shape index (κ3) is 5.30. The van der Waals surface area contributed by atoms with Gasteiger partial charge < -0.3 is 20.3 Å². The lowest BCUT2D eigenvalue weighted by Crippen LogP contribution is -2.41. The molecule has 0 fully saturated rings. The number of rotatable bonds is 8. The Balaban J connectivity index is 1.43. The van der Waals surface area contributed by atoms with Crippen molar-refractivity contribution in [3.8, 4) is 11.1 Å². The summed E-state index contributed by atoms with van der Waals surface area (Å²) in [5.74, 6) is -3.15. The van der Waals surface area contributed by atoms with Gasteiger partial charge in [0.2, 0.25) is 0 Å². The van der Waals surface area contributed by atoms with E-state index in [0.717, 1.165) is 34.4 Å². The van der Waals surface area contributed by atoms with E-state index in [9.17, 15) is 18.8 Å². The Morgan fingerprint density at radius 1 is 0.971 bits per heavy atom. The van der Waals surface area contributed by atoms with Gasteiger partial charge in [0.05, 0.1) is 0 Å². The highest BCUT2D eigenvalue weighted by Crippen LogP contribution is 2.44. The Morgan fingerprint density at radius 3 is 2.20 bits per heavy atom. The van der Waals surface area contributed by atoms with Crippen molar-refractivity contribution in [1.29, 1.82) is 0 Å². The van der Waals surface area contributed by atoms with Gasteiger partial charge in [0.15, 0.2) is 0 Å². The van der Waals surface area contributed by atoms with Crippen LogP contribution < -0.4 is 10.6 Å². The van der Waals surface area contributed by atoms with Crippen LogP contribution in [-0.2, 0) is 9.53 Å². The zero-order valence-corrected chi connectivity index (χ0v) is 18.5. The van der Waals surface area contributed by atoms with Crippen LogP contribution in [0.2, 0.25) is 0 Å². The lowest BCUT2D eigenvalue weighted by molar-refractivity contribution is -0.139. The smallest absolute Gasteiger partial charge is 0.411 e. The Bertz CT molecular complexity index is 1230. The van der Waals surface area contributed by atoms with Crippen molar-refractivity contribution < 1.29 is 33.7 Å². The molecule has 0 spiro atoms. The van der Waals surface area contributed by atoms with Crippen LogP contribution >= 0.6 is 0 Å². The van der Waals surface area contributed by atoms with E-state index in [0.29, 0.717) is 0 Å². The molecule has 35 heavy (non-hydrogen) atoms. The summed E-state index contributed by atoms with van der Waals surface area (Å²) in [5.41, 5.74) is 4.03. The Hall–Kier alpha value is -4.24. The molecule has 3 aromatic rings. The second-order valence-electron chi connectivity index (χ2n) is 8.06. The van der Waals surface area contributed by atoms with Gasteiger partial charge in [0, 0.05) is 30.2 Å². The number of nitrogens with one attached hydrogen (secondary N) is 2. The Labute approximate surface area is 200 Å². The number of amides is 2. The van der Waals surface area contributed by atoms with Crippen LogP contribution in [0.4, 0.5) is 14.9 Å². The maximum atomic E-state index is 14.1. The number of hydrogen-bond donors (Lipinski definition) is 4. The normalized spacial score (nSPS) is 12.9. The SMILES string of the molecule is O=C(Nc1cc(F)cc(C(=O)N[C@H](CCO)C(=O)O)c1)OCC1c2ccccc2-c2ccccc21. The predicted octanol–water partition coefficient (Wildman–Crippen LogP) is 3.75. The summed E-state index contributed by atoms with van der Waals surface area (Å²) in [6, 6.07) is 17.5. The van der Waals surface area contributed by atoms with E-state index >= 15 is 0 Å². The highest BCUT2D eigenvalue weighted by molar-refractivity contribution is 5.98. The van der Waals surface area contributed by atoms with E-state index in [1.165, 1.54) is 6.07 Å². The van der Waals surface area contributed by atoms with E-state index in [1.54, 1.807) is 0 Å². The first-order valence-electron chi connectivity index (χ1n) is 10.9. The van der Waals surface area contributed by atoms with Gasteiger partial charge in [-0.3, -0.25) is 10.1 Å². The van der Waals surface area contributed by atoms with Crippen molar-refractivity contribution in [2.45, 2.75) is 18.4 Å². The fraction of sp³-hybridized carbons (Fsp3) is 0.192. The molecular formula is C26H23FN2O6. The molecular weight excluding hydrogens is 455 g/mol. The number of carboxylic acids is 1. The second kappa shape index (κ2) is 10.4. The number of ether oxygens (including phenoxy) is 1. The molecule has 1 aliphatic rings. The van der Waals surface area contributed by atoms with Crippen LogP contribution in [0.25, 0.3) is 11.1 Å². The van der Waals surface area contributed by atoms with Crippen molar-refractivity contribution in [2.75, 3.05) is 18.5 Å². The van der Waals surface area contributed by atoms with E-state index in [1.807, 2.05) is 48.5 Å². The zero-order chi connectivity index (χ0) is 24.9. The third-order valence-corrected chi connectivity index (χ3v) is 5.77. The minimum absolute atomic E-state index is 0.0265. The molecule has 1 aliphatic carbocycles. The molecule has 0 radical (unpaired) electrons. The van der Waals surface area contributed by atoms with Crippen molar-refractivity contribution in [3.63, 3.8) is 0 Å². The molecule has 0 aliphatic heterocycles. The van der Waals surface area contributed by atoms with Gasteiger partial charge in [0.1, 0.15) is 18.5 Å². The Morgan fingerprint density at radius 2 is 1.60 bits per heavy atom. The largest absolute Gasteiger partial charge is 0.480 e. The molecule has 0 heterocycles. The summed E-state index contributed by atoms with van der Waals surface area (Å²) in [4.78, 5) is 36.1. The van der Waals surface area contributed by atoms with Gasteiger partial charge in [-0.1, -0.05) is 48.5 Å². The lowest BCUT2D eigenvalue weighted by Gasteiger charge is -2.15. The van der Waals surface area contributed by atoms with Gasteiger partial charge in [-0.15, -0.1) is 0 Å². The zero-order valence-electron chi connectivity index (χ0n) is 18.5. The van der Waals surface area contributed by atoms with Gasteiger partial charge in [-0.25, -0.2) is 14.0 Å². The van der Waals surface area contributed by atoms with Gasteiger partial charge in [0.25, 0.3) is 5.91 Å². The molecule has 0 saturated carbocycles. The molecule has 3 aromatic carbocycles. The number of carbonyl (C=O) groups is 3. The van der Waals surface area contributed by atoms with Crippen LogP contribution in [0.1, 0.15) is 33.8 Å². The molecule has 4 rings (SSSR count). The van der Waals surface area contributed by atoms with Crippen LogP contribution in [0.5, 0.6) is 0 Å². The summed E-state index contributed by atoms with van der Waals surface area (Å²) in [6.07, 6.45) is -1.03. The third-order valence-electron chi connectivity index (χ3n) is 5.77. The molecule has 1 atom stereocenters. The molecule has 2 amide bonds. The highest BCUT2D eigenvalue weighted by Gasteiger charge is 2.29. The Kier molecular flexibility index (Phi) is 7.07. The highest BCUT2D eigenvalue weighted by atomic mass is 19.1. The number of aliphatic carboxylic acids is 1. The van der Waals surface area contributed by atoms with Crippen LogP contribution in [0.15, 0.2) is 66.7 Å². The van der Waals surface area contributed by atoms with Gasteiger partial charge in [-0.05, 0) is 40.5 Å². The molecule has 8 nitrogen and oxygen atoms in total. The minimum Gasteiger partial charge on any atom is -0.480 e. The molecule has 0 bridgehead atoms. The lowest BCUT2D eigenvalue weighted by atomic mass is 9.98. The first-order valence-corrected chi connectivity index (χ1v) is 10.9. The van der Waals surface area contributed by atoms with Gasteiger partial charge in [-0.2, -0.15) is 0 Å². The van der Waals surface area contributed by atoms with Crippen molar-refractivity contribution in [3.05, 3.63) is 89.2 Å². The van der Waals surface area contributed by atoms with E-state index in [2.05, 4.69) is 10.6 Å². The summed E-state index contributed by atoms with van der Waals surface area (Å²) >= 11 is 0. The van der Waals surface area contributed by atoms with Crippen molar-refractivity contribution in [1.82, 2.24) is 5.32 Å². The van der Waals surface area contributed by atoms with Gasteiger partial charge >= 0.3 is 12.1 Å². The second-order valence-corrected chi connectivity index (χ2v) is 8.06. The average Bonchev–Trinajstić information content (AvgIpc) is 3.15. The number of fused-ring (bicyclic) bond motifs is 3. The monoisotopic (exact) mass is 478 g/mol. The summed E-state index contributed by atoms with van der Waals surface area (Å²) in [6.45, 7) is -0.390. The minimum atomic E-state index is -1.34. The van der Waals surface area contributed by atoms with Crippen LogP contribution in [-0.4, -0.2) is 47.4 Å². The van der Waals surface area contributed by atoms with E-state index < -0.39 is 36.4 Å². The number of benzene rings is 3. The number of anilines is 1. The fourth-order valence-electron chi connectivity index (χ4n) is 4.17. The number of halogens is 1. The topological polar surface area (TPSA) is 125 Å². The van der Waals surface area contributed by atoms with Crippen molar-refractivity contribution >= 4 is 23.7 Å². The number of aliphatic hydroxyl groups excluding tert-OH is 1. The predicted molar refractivity (Wildman–Crippen MR) is 126 cm³/mol. The van der Waals surface area contributed by atoms with Crippen LogP contribution in [0, 0.1) is 5.82 Å². The molecule has 0 unspecified atom stereocenters. The first kappa shape index (κ1) is 23.9. The van der Waals surface area contributed by atoms with E-state index in [-0.39, 0.29) is 30.2 Å². The number of hydrogen-bond acceptors (Lipinski definition) is 5. The molecule has 0 saturated heterocycles. The quantitative estimate of drug-likeness (QED) is 0.391. The number of aliphatic hydroxyl groups is 1. The number of carbonyl (C=O) groups excluding carboxylic acids is 2. The summed E-state index contributed by atoms with van der Waals surface area (Å²) in [5, 5.41) is 22.7. The van der Waals surface area contributed by atoms with Crippen LogP contribution in [0.3, 0.4) is 0 Å². The standard InChI is InChI=1S/C26H23FN2O6/c27-16-11-15(24(31)29-23(9-10-30)25(32)33)12-17(13-16)28-26(34)35-14-22-20-7-3-1-5-18(20)19-6-2-4-8-21(19)22/h1-8,11-13,22-23,30H,9-10,14H2,(H,28,34)(H,29,31)(H,32,33)/t23-/m1/s1. The molecule has 180 valence electrons. The molecule has 9 heteroatoms. The number of carboxylic acid groups (broad SMARTS) is 1. The maximum Gasteiger partial charge on any atom is 0.411 e. The van der Waals surface area contributed by atoms with Crippen molar-refractivity contribution in [2.24, 2.45) is 0 Å². The molecule has 0 aromatic heterocycles. The summed E-state index contributed by atoms with van der Waals surface area (Å²) in [7, 11) is 0. The van der Waals surface area contributed by atoms with E-state index in [4.69, 9.17) is 14.9 Å². The summed E-state index contributed by atoms with van der Waals surface area (Å²) < 4.78 is 19.5. The maximum absolute atomic E-state index is 14.1. The average molecular weight is 478 g/mol. The molecule has 4 N–H and O–H groups in total. The first-order chi connectivity index (χ1) is 16.9. The fourth-order valence-corrected chi connectivity index (χ4v) is 4.17.